The van der Waals surface area contributed by atoms with Crippen LogP contribution in [0.25, 0.3) is 6.08 Å². The highest BCUT2D eigenvalue weighted by molar-refractivity contribution is 6.30. The van der Waals surface area contributed by atoms with Crippen molar-refractivity contribution < 1.29 is 14.4 Å². The van der Waals surface area contributed by atoms with E-state index in [1.54, 1.807) is 11.0 Å². The average Bonchev–Trinajstić information content (AvgIpc) is 2.69. The minimum atomic E-state index is -0.0304. The van der Waals surface area contributed by atoms with Gasteiger partial charge in [-0.25, -0.2) is 0 Å². The highest BCUT2D eigenvalue weighted by atomic mass is 35.5. The number of nitrogens with one attached hydrogen (secondary N) is 2. The van der Waals surface area contributed by atoms with Gasteiger partial charge in [0.15, 0.2) is 0 Å². The summed E-state index contributed by atoms with van der Waals surface area (Å²) >= 11 is 6.04. The van der Waals surface area contributed by atoms with Crippen molar-refractivity contribution in [2.75, 3.05) is 19.7 Å². The third-order valence-electron chi connectivity index (χ3n) is 5.30. The number of amides is 1. The number of hydrogen-bond acceptors (Lipinski definition) is 2. The van der Waals surface area contributed by atoms with Crippen LogP contribution in [0.5, 0.6) is 5.75 Å². The minimum Gasteiger partial charge on any atom is -0.488 e. The molecule has 5 heteroatoms. The van der Waals surface area contributed by atoms with E-state index in [1.165, 1.54) is 5.56 Å². The molecule has 2 aliphatic rings. The zero-order valence-corrected chi connectivity index (χ0v) is 16.0. The second kappa shape index (κ2) is 8.15. The van der Waals surface area contributed by atoms with Crippen molar-refractivity contribution in [2.45, 2.75) is 25.4 Å². The smallest absolute Gasteiger partial charge is 0.250 e. The number of likely N-dealkylation sites (tertiary alicyclic amines) is 1. The monoisotopic (exact) mass is 383 g/mol. The van der Waals surface area contributed by atoms with E-state index in [4.69, 9.17) is 16.3 Å². The molecule has 1 amide bonds. The fraction of sp³-hybridized carbons (Fsp3) is 0.318. The van der Waals surface area contributed by atoms with E-state index in [1.807, 2.05) is 18.2 Å². The zero-order chi connectivity index (χ0) is 18.6. The summed E-state index contributed by atoms with van der Waals surface area (Å²) in [5, 5.41) is 3.83. The molecule has 0 saturated carbocycles. The zero-order valence-electron chi connectivity index (χ0n) is 15.2. The van der Waals surface area contributed by atoms with Crippen LogP contribution in [0.1, 0.15) is 24.0 Å². The van der Waals surface area contributed by atoms with Crippen LogP contribution in [0, 0.1) is 0 Å². The normalized spacial score (nSPS) is 21.6. The summed E-state index contributed by atoms with van der Waals surface area (Å²) in [6, 6.07) is 16.3. The molecule has 2 aromatic rings. The van der Waals surface area contributed by atoms with Gasteiger partial charge in [-0.3, -0.25) is 4.79 Å². The van der Waals surface area contributed by atoms with Crippen molar-refractivity contribution in [2.24, 2.45) is 0 Å². The quantitative estimate of drug-likeness (QED) is 0.851. The second-order valence-electron chi connectivity index (χ2n) is 7.30. The first kappa shape index (κ1) is 18.1. The van der Waals surface area contributed by atoms with Gasteiger partial charge in [0.1, 0.15) is 18.9 Å². The summed E-state index contributed by atoms with van der Waals surface area (Å²) in [5.74, 6) is 0.742. The number of carbonyl (C=O) groups is 1. The van der Waals surface area contributed by atoms with Crippen LogP contribution in [-0.4, -0.2) is 31.6 Å². The third kappa shape index (κ3) is 4.52. The number of rotatable bonds is 4. The van der Waals surface area contributed by atoms with Crippen molar-refractivity contribution in [3.63, 3.8) is 0 Å². The number of carbonyl (C=O) groups excluding carboxylic acids is 1. The molecule has 0 radical (unpaired) electrons. The van der Waals surface area contributed by atoms with Gasteiger partial charge in [0.2, 0.25) is 0 Å². The van der Waals surface area contributed by atoms with E-state index in [-0.39, 0.29) is 11.9 Å². The van der Waals surface area contributed by atoms with Gasteiger partial charge >= 0.3 is 0 Å². The Morgan fingerprint density at radius 2 is 1.93 bits per heavy atom. The lowest BCUT2D eigenvalue weighted by atomic mass is 10.0. The van der Waals surface area contributed by atoms with Gasteiger partial charge < -0.3 is 15.0 Å². The Morgan fingerprint density at radius 3 is 2.70 bits per heavy atom. The Balaban J connectivity index is 1.31. The Morgan fingerprint density at radius 1 is 1.15 bits per heavy atom. The first-order chi connectivity index (χ1) is 13.2. The number of quaternary nitrogens is 1. The Bertz CT molecular complexity index is 843. The molecule has 0 bridgehead atoms. The van der Waals surface area contributed by atoms with E-state index >= 15 is 0 Å². The SMILES string of the molecule is O=C(NC1CC[NH+](Cc2ccccc2)CC1)C1=Cc2cc(Cl)ccc2OC1. The van der Waals surface area contributed by atoms with Gasteiger partial charge in [-0.05, 0) is 24.3 Å². The largest absolute Gasteiger partial charge is 0.488 e. The molecule has 1 fully saturated rings. The predicted octanol–water partition coefficient (Wildman–Crippen LogP) is 2.48. The molecule has 0 aromatic heterocycles. The van der Waals surface area contributed by atoms with Crippen LogP contribution >= 0.6 is 11.6 Å². The van der Waals surface area contributed by atoms with Crippen LogP contribution in [0.2, 0.25) is 5.02 Å². The molecular weight excluding hydrogens is 360 g/mol. The van der Waals surface area contributed by atoms with Crippen LogP contribution in [-0.2, 0) is 11.3 Å². The van der Waals surface area contributed by atoms with Gasteiger partial charge in [0, 0.05) is 35.0 Å². The maximum absolute atomic E-state index is 12.6. The molecule has 2 N–H and O–H groups in total. The summed E-state index contributed by atoms with van der Waals surface area (Å²) in [6.07, 6.45) is 3.89. The van der Waals surface area contributed by atoms with Crippen LogP contribution in [0.4, 0.5) is 0 Å². The Hall–Kier alpha value is -2.30. The number of halogens is 1. The summed E-state index contributed by atoms with van der Waals surface area (Å²) in [6.45, 7) is 3.51. The second-order valence-corrected chi connectivity index (χ2v) is 7.74. The van der Waals surface area contributed by atoms with Crippen molar-refractivity contribution >= 4 is 23.6 Å². The summed E-state index contributed by atoms with van der Waals surface area (Å²) in [5.41, 5.74) is 2.89. The van der Waals surface area contributed by atoms with E-state index in [9.17, 15) is 4.79 Å². The van der Waals surface area contributed by atoms with Crippen LogP contribution in [0.3, 0.4) is 0 Å². The molecule has 27 heavy (non-hydrogen) atoms. The van der Waals surface area contributed by atoms with Crippen molar-refractivity contribution in [3.8, 4) is 5.75 Å². The standard InChI is InChI=1S/C22H23ClN2O2/c23-19-6-7-21-17(13-19)12-18(15-27-21)22(26)24-20-8-10-25(11-9-20)14-16-4-2-1-3-5-16/h1-7,12-13,20H,8-11,14-15H2,(H,24,26)/p+1. The fourth-order valence-electron chi connectivity index (χ4n) is 3.79. The Labute approximate surface area is 164 Å². The lowest BCUT2D eigenvalue weighted by Crippen LogP contribution is -3.12. The lowest BCUT2D eigenvalue weighted by molar-refractivity contribution is -0.918. The Kier molecular flexibility index (Phi) is 5.46. The van der Waals surface area contributed by atoms with Gasteiger partial charge in [0.05, 0.1) is 18.7 Å². The molecule has 2 aromatic carbocycles. The first-order valence-electron chi connectivity index (χ1n) is 9.48. The third-order valence-corrected chi connectivity index (χ3v) is 5.54. The van der Waals surface area contributed by atoms with Crippen LogP contribution < -0.4 is 15.0 Å². The molecule has 4 rings (SSSR count). The molecule has 0 atom stereocenters. The molecule has 4 nitrogen and oxygen atoms in total. The number of ether oxygens (including phenoxy) is 1. The number of fused-ring (bicyclic) bond motifs is 1. The topological polar surface area (TPSA) is 42.8 Å². The van der Waals surface area contributed by atoms with E-state index in [0.717, 1.165) is 43.8 Å². The fourth-order valence-corrected chi connectivity index (χ4v) is 3.97. The average molecular weight is 384 g/mol. The molecule has 1 saturated heterocycles. The van der Waals surface area contributed by atoms with Crippen molar-refractivity contribution in [1.29, 1.82) is 0 Å². The summed E-state index contributed by atoms with van der Waals surface area (Å²) in [7, 11) is 0. The van der Waals surface area contributed by atoms with Gasteiger partial charge in [-0.1, -0.05) is 41.9 Å². The lowest BCUT2D eigenvalue weighted by Gasteiger charge is -2.30. The molecule has 2 aliphatic heterocycles. The van der Waals surface area contributed by atoms with E-state index < -0.39 is 0 Å². The van der Waals surface area contributed by atoms with E-state index in [0.29, 0.717) is 17.2 Å². The molecular formula is C22H24ClN2O2+. The minimum absolute atomic E-state index is 0.0304. The first-order valence-corrected chi connectivity index (χ1v) is 9.86. The predicted molar refractivity (Wildman–Crippen MR) is 107 cm³/mol. The number of piperidine rings is 1. The molecule has 2 heterocycles. The molecule has 140 valence electrons. The highest BCUT2D eigenvalue weighted by Gasteiger charge is 2.25. The van der Waals surface area contributed by atoms with Crippen LogP contribution in [0.15, 0.2) is 54.1 Å². The summed E-state index contributed by atoms with van der Waals surface area (Å²) in [4.78, 5) is 14.2. The maximum Gasteiger partial charge on any atom is 0.250 e. The molecule has 0 spiro atoms. The van der Waals surface area contributed by atoms with Gasteiger partial charge in [-0.15, -0.1) is 0 Å². The van der Waals surface area contributed by atoms with E-state index in [2.05, 4.69) is 35.6 Å². The number of benzene rings is 2. The van der Waals surface area contributed by atoms with Gasteiger partial charge in [-0.2, -0.15) is 0 Å². The number of hydrogen-bond donors (Lipinski definition) is 2. The molecule has 0 aliphatic carbocycles. The summed E-state index contributed by atoms with van der Waals surface area (Å²) < 4.78 is 5.69. The van der Waals surface area contributed by atoms with Gasteiger partial charge in [0.25, 0.3) is 5.91 Å². The van der Waals surface area contributed by atoms with Crippen molar-refractivity contribution in [1.82, 2.24) is 5.32 Å². The molecule has 0 unspecified atom stereocenters. The highest BCUT2D eigenvalue weighted by Crippen LogP contribution is 2.29. The van der Waals surface area contributed by atoms with Crippen molar-refractivity contribution in [3.05, 3.63) is 70.3 Å². The maximum atomic E-state index is 12.6.